The van der Waals surface area contributed by atoms with Crippen LogP contribution in [0.4, 0.5) is 0 Å². The molecule has 1 heterocycles. The van der Waals surface area contributed by atoms with Crippen molar-refractivity contribution in [2.75, 3.05) is 20.1 Å². The van der Waals surface area contributed by atoms with E-state index in [9.17, 15) is 5.11 Å². The molecule has 20 heavy (non-hydrogen) atoms. The quantitative estimate of drug-likeness (QED) is 0.580. The highest BCUT2D eigenvalue weighted by Gasteiger charge is 2.16. The molecule has 4 nitrogen and oxygen atoms in total. The standard InChI is InChI=1S/C15H27N3OS/c1-4-5-6-7-10-18(3)15(19)14-11-13(2)20-12-16-8-9-17-14/h9,11-13,15,19H,4-8,10H2,1-3H3/b14-11-,16-12?,17-9?. The Labute approximate surface area is 127 Å². The number of unbranched alkanes of at least 4 members (excludes halogenated alkanes) is 3. The number of hydrogen-bond donors (Lipinski definition) is 1. The molecule has 2 unspecified atom stereocenters. The lowest BCUT2D eigenvalue weighted by molar-refractivity contribution is 0.0506. The number of aliphatic imine (C=N–C) groups is 2. The predicted molar refractivity (Wildman–Crippen MR) is 89.8 cm³/mol. The van der Waals surface area contributed by atoms with E-state index in [1.807, 2.05) is 23.6 Å². The number of nitrogens with zero attached hydrogens (tertiary/aromatic N) is 3. The SMILES string of the molecule is CCCCCCN(C)C(O)/C1=C/C(C)SC=NCC=N1. The molecule has 0 spiro atoms. The van der Waals surface area contributed by atoms with Gasteiger partial charge in [-0.3, -0.25) is 14.9 Å². The van der Waals surface area contributed by atoms with Gasteiger partial charge in [-0.15, -0.1) is 11.8 Å². The van der Waals surface area contributed by atoms with Gasteiger partial charge in [0, 0.05) is 18.0 Å². The molecule has 1 aliphatic rings. The Hall–Kier alpha value is -0.650. The summed E-state index contributed by atoms with van der Waals surface area (Å²) in [4.78, 5) is 10.6. The molecule has 0 saturated heterocycles. The highest BCUT2D eigenvalue weighted by atomic mass is 32.2. The van der Waals surface area contributed by atoms with Crippen LogP contribution in [0.2, 0.25) is 0 Å². The maximum absolute atomic E-state index is 10.4. The smallest absolute Gasteiger partial charge is 0.150 e. The van der Waals surface area contributed by atoms with E-state index in [0.717, 1.165) is 18.7 Å². The van der Waals surface area contributed by atoms with E-state index in [0.29, 0.717) is 6.54 Å². The summed E-state index contributed by atoms with van der Waals surface area (Å²) < 4.78 is 0. The first kappa shape index (κ1) is 17.4. The van der Waals surface area contributed by atoms with Crippen LogP contribution in [0, 0.1) is 0 Å². The van der Waals surface area contributed by atoms with Crippen LogP contribution in [0.3, 0.4) is 0 Å². The Morgan fingerprint density at radius 1 is 1.45 bits per heavy atom. The van der Waals surface area contributed by atoms with Crippen molar-refractivity contribution in [3.05, 3.63) is 11.8 Å². The lowest BCUT2D eigenvalue weighted by atomic mass is 10.2. The number of likely N-dealkylation sites (N-methyl/N-ethyl adjacent to an activating group) is 1. The number of aliphatic hydroxyl groups is 1. The van der Waals surface area contributed by atoms with Gasteiger partial charge in [-0.25, -0.2) is 0 Å². The van der Waals surface area contributed by atoms with E-state index in [1.54, 1.807) is 18.0 Å². The lowest BCUT2D eigenvalue weighted by Crippen LogP contribution is -2.34. The first-order chi connectivity index (χ1) is 9.65. The van der Waals surface area contributed by atoms with Crippen molar-refractivity contribution < 1.29 is 5.11 Å². The van der Waals surface area contributed by atoms with Crippen molar-refractivity contribution in [2.45, 2.75) is 51.0 Å². The highest BCUT2D eigenvalue weighted by molar-refractivity contribution is 8.12. The zero-order valence-electron chi connectivity index (χ0n) is 12.8. The van der Waals surface area contributed by atoms with Crippen molar-refractivity contribution in [3.8, 4) is 0 Å². The molecule has 0 aromatic rings. The molecule has 0 saturated carbocycles. The third-order valence-electron chi connectivity index (χ3n) is 3.23. The number of aliphatic hydroxyl groups excluding tert-OH is 1. The van der Waals surface area contributed by atoms with Crippen molar-refractivity contribution in [3.63, 3.8) is 0 Å². The van der Waals surface area contributed by atoms with Gasteiger partial charge in [0.15, 0.2) is 0 Å². The van der Waals surface area contributed by atoms with Crippen LogP contribution in [-0.4, -0.2) is 53.4 Å². The van der Waals surface area contributed by atoms with Crippen molar-refractivity contribution in [1.29, 1.82) is 0 Å². The zero-order valence-corrected chi connectivity index (χ0v) is 13.6. The maximum atomic E-state index is 10.4. The van der Waals surface area contributed by atoms with Crippen molar-refractivity contribution >= 4 is 23.5 Å². The fourth-order valence-electron chi connectivity index (χ4n) is 1.99. The van der Waals surface area contributed by atoms with Crippen molar-refractivity contribution in [1.82, 2.24) is 4.90 Å². The molecule has 0 bridgehead atoms. The monoisotopic (exact) mass is 297 g/mol. The lowest BCUT2D eigenvalue weighted by Gasteiger charge is -2.24. The van der Waals surface area contributed by atoms with Crippen LogP contribution < -0.4 is 0 Å². The molecule has 1 N–H and O–H groups in total. The Balaban J connectivity index is 2.55. The van der Waals surface area contributed by atoms with Gasteiger partial charge < -0.3 is 5.11 Å². The summed E-state index contributed by atoms with van der Waals surface area (Å²) in [5, 5.41) is 10.7. The Morgan fingerprint density at radius 3 is 3.00 bits per heavy atom. The largest absolute Gasteiger partial charge is 0.372 e. The van der Waals surface area contributed by atoms with E-state index in [4.69, 9.17) is 0 Å². The minimum atomic E-state index is -0.631. The molecule has 0 aliphatic carbocycles. The second-order valence-electron chi connectivity index (χ2n) is 5.13. The average molecular weight is 297 g/mol. The van der Waals surface area contributed by atoms with Gasteiger partial charge in [0.2, 0.25) is 0 Å². The first-order valence-electron chi connectivity index (χ1n) is 7.41. The fraction of sp³-hybridized carbons (Fsp3) is 0.733. The molecule has 114 valence electrons. The number of hydrogen-bond acceptors (Lipinski definition) is 5. The first-order valence-corrected chi connectivity index (χ1v) is 8.35. The maximum Gasteiger partial charge on any atom is 0.150 e. The molecular weight excluding hydrogens is 270 g/mol. The van der Waals surface area contributed by atoms with Crippen LogP contribution in [0.15, 0.2) is 21.8 Å². The van der Waals surface area contributed by atoms with Crippen LogP contribution in [0.25, 0.3) is 0 Å². The molecule has 0 aromatic carbocycles. The Bertz CT molecular complexity index is 355. The molecule has 1 rings (SSSR count). The summed E-state index contributed by atoms with van der Waals surface area (Å²) in [6.45, 7) is 5.76. The topological polar surface area (TPSA) is 48.2 Å². The van der Waals surface area contributed by atoms with E-state index in [2.05, 4.69) is 23.8 Å². The van der Waals surface area contributed by atoms with E-state index in [1.165, 1.54) is 19.3 Å². The molecule has 5 heteroatoms. The highest BCUT2D eigenvalue weighted by Crippen LogP contribution is 2.17. The third-order valence-corrected chi connectivity index (χ3v) is 4.07. The second-order valence-corrected chi connectivity index (χ2v) is 6.36. The normalized spacial score (nSPS) is 23.9. The van der Waals surface area contributed by atoms with Gasteiger partial charge in [-0.05, 0) is 26.5 Å². The summed E-state index contributed by atoms with van der Waals surface area (Å²) in [6.07, 6.45) is 7.98. The minimum Gasteiger partial charge on any atom is -0.372 e. The van der Waals surface area contributed by atoms with E-state index >= 15 is 0 Å². The molecule has 0 aromatic heterocycles. The molecule has 0 amide bonds. The summed E-state index contributed by atoms with van der Waals surface area (Å²) in [5.74, 6) is 0. The molecule has 0 radical (unpaired) electrons. The van der Waals surface area contributed by atoms with E-state index in [-0.39, 0.29) is 5.25 Å². The second kappa shape index (κ2) is 10.1. The summed E-state index contributed by atoms with van der Waals surface area (Å²) in [7, 11) is 1.95. The minimum absolute atomic E-state index is 0.271. The van der Waals surface area contributed by atoms with E-state index < -0.39 is 6.23 Å². The summed E-state index contributed by atoms with van der Waals surface area (Å²) >= 11 is 1.65. The fourth-order valence-corrected chi connectivity index (χ4v) is 2.57. The van der Waals surface area contributed by atoms with Gasteiger partial charge in [0.25, 0.3) is 0 Å². The summed E-state index contributed by atoms with van der Waals surface area (Å²) in [6, 6.07) is 0. The van der Waals surface area contributed by atoms with Crippen LogP contribution in [-0.2, 0) is 0 Å². The van der Waals surface area contributed by atoms with Crippen LogP contribution in [0.1, 0.15) is 39.5 Å². The third kappa shape index (κ3) is 6.68. The molecule has 1 aliphatic heterocycles. The van der Waals surface area contributed by atoms with Crippen molar-refractivity contribution in [2.24, 2.45) is 9.98 Å². The zero-order chi connectivity index (χ0) is 14.8. The molecular formula is C15H27N3OS. The van der Waals surface area contributed by atoms with Gasteiger partial charge in [0.1, 0.15) is 6.23 Å². The van der Waals surface area contributed by atoms with Gasteiger partial charge >= 0.3 is 0 Å². The Morgan fingerprint density at radius 2 is 2.25 bits per heavy atom. The predicted octanol–water partition coefficient (Wildman–Crippen LogP) is 2.94. The summed E-state index contributed by atoms with van der Waals surface area (Å²) in [5.41, 5.74) is 2.59. The van der Waals surface area contributed by atoms with Gasteiger partial charge in [0.05, 0.1) is 17.8 Å². The number of rotatable bonds is 7. The molecule has 2 atom stereocenters. The van der Waals surface area contributed by atoms with Crippen LogP contribution >= 0.6 is 11.8 Å². The van der Waals surface area contributed by atoms with Gasteiger partial charge in [-0.2, -0.15) is 0 Å². The van der Waals surface area contributed by atoms with Crippen LogP contribution in [0.5, 0.6) is 0 Å². The Kier molecular flexibility index (Phi) is 8.82. The number of thioether (sulfide) groups is 1. The molecule has 0 fully saturated rings. The average Bonchev–Trinajstić information content (AvgIpc) is 2.54. The van der Waals surface area contributed by atoms with Gasteiger partial charge in [-0.1, -0.05) is 26.2 Å².